The number of ether oxygens (including phenoxy) is 1. The Kier molecular flexibility index (Phi) is 3.57. The molecule has 0 fully saturated rings. The molecule has 104 valence electrons. The smallest absolute Gasteiger partial charge is 0.308 e. The van der Waals surface area contributed by atoms with E-state index < -0.39 is 11.4 Å². The lowest BCUT2D eigenvalue weighted by atomic mass is 9.74. The number of rotatable bonds is 2. The van der Waals surface area contributed by atoms with Crippen molar-refractivity contribution in [3.63, 3.8) is 0 Å². The second kappa shape index (κ2) is 5.04. The highest BCUT2D eigenvalue weighted by Gasteiger charge is 2.36. The molecule has 1 aromatic carbocycles. The molecule has 0 amide bonds. The van der Waals surface area contributed by atoms with Gasteiger partial charge in [-0.1, -0.05) is 26.0 Å². The first-order chi connectivity index (χ1) is 9.29. The van der Waals surface area contributed by atoms with Crippen LogP contribution >= 0.6 is 0 Å². The molecule has 0 spiro atoms. The summed E-state index contributed by atoms with van der Waals surface area (Å²) in [5.74, 6) is -0.207. The van der Waals surface area contributed by atoms with E-state index in [1.807, 2.05) is 0 Å². The second-order valence-electron chi connectivity index (χ2n) is 5.54. The van der Waals surface area contributed by atoms with E-state index in [0.29, 0.717) is 16.9 Å². The molecule has 1 aromatic rings. The Morgan fingerprint density at radius 1 is 1.25 bits per heavy atom. The van der Waals surface area contributed by atoms with Gasteiger partial charge in [0.2, 0.25) is 0 Å². The third-order valence-electron chi connectivity index (χ3n) is 3.19. The molecule has 2 rings (SSSR count). The zero-order chi connectivity index (χ0) is 14.9. The minimum Gasteiger partial charge on any atom is -0.427 e. The van der Waals surface area contributed by atoms with E-state index >= 15 is 0 Å². The summed E-state index contributed by atoms with van der Waals surface area (Å²) < 4.78 is 5.00. The van der Waals surface area contributed by atoms with E-state index in [9.17, 15) is 14.4 Å². The molecule has 0 saturated carbocycles. The maximum atomic E-state index is 12.4. The van der Waals surface area contributed by atoms with Gasteiger partial charge in [-0.05, 0) is 23.8 Å². The van der Waals surface area contributed by atoms with Crippen molar-refractivity contribution in [1.82, 2.24) is 0 Å². The quantitative estimate of drug-likeness (QED) is 0.613. The number of ketones is 2. The third kappa shape index (κ3) is 2.85. The van der Waals surface area contributed by atoms with Gasteiger partial charge in [-0.25, -0.2) is 0 Å². The highest BCUT2D eigenvalue weighted by atomic mass is 16.5. The van der Waals surface area contributed by atoms with Crippen LogP contribution in [0.3, 0.4) is 0 Å². The summed E-state index contributed by atoms with van der Waals surface area (Å²) in [6.07, 6.45) is 1.60. The minimum absolute atomic E-state index is 0.0671. The predicted octanol–water partition coefficient (Wildman–Crippen LogP) is 2.56. The van der Waals surface area contributed by atoms with Gasteiger partial charge in [0.1, 0.15) is 5.75 Å². The number of benzene rings is 1. The van der Waals surface area contributed by atoms with Gasteiger partial charge in [-0.15, -0.1) is 0 Å². The molecule has 1 aliphatic rings. The van der Waals surface area contributed by atoms with Crippen molar-refractivity contribution in [2.24, 2.45) is 5.41 Å². The number of carbonyl (C=O) groups excluding carboxylic acids is 3. The lowest BCUT2D eigenvalue weighted by Crippen LogP contribution is -2.31. The Balaban J connectivity index is 2.42. The maximum absolute atomic E-state index is 12.4. The standard InChI is InChI=1S/C16H16O4/c1-10(17)20-13-6-4-5-11(7-13)14-8-12(18)9-16(2,3)15(14)19/h4-8H,9H2,1-3H3. The normalized spacial score (nSPS) is 17.6. The minimum atomic E-state index is -0.696. The Hall–Kier alpha value is -2.23. The average Bonchev–Trinajstić information content (AvgIpc) is 2.32. The van der Waals surface area contributed by atoms with Gasteiger partial charge in [0.05, 0.1) is 0 Å². The predicted molar refractivity (Wildman–Crippen MR) is 74.1 cm³/mol. The lowest BCUT2D eigenvalue weighted by molar-refractivity contribution is -0.131. The first-order valence-corrected chi connectivity index (χ1v) is 6.38. The number of esters is 1. The van der Waals surface area contributed by atoms with Crippen molar-refractivity contribution in [2.45, 2.75) is 27.2 Å². The Bertz CT molecular complexity index is 623. The molecular weight excluding hydrogens is 256 g/mol. The van der Waals surface area contributed by atoms with Crippen LogP contribution in [0.5, 0.6) is 5.75 Å². The third-order valence-corrected chi connectivity index (χ3v) is 3.19. The van der Waals surface area contributed by atoms with Gasteiger partial charge >= 0.3 is 5.97 Å². The Labute approximate surface area is 117 Å². The molecule has 4 nitrogen and oxygen atoms in total. The van der Waals surface area contributed by atoms with Crippen molar-refractivity contribution in [1.29, 1.82) is 0 Å². The molecule has 20 heavy (non-hydrogen) atoms. The molecule has 0 bridgehead atoms. The van der Waals surface area contributed by atoms with E-state index in [4.69, 9.17) is 4.74 Å². The molecule has 0 N–H and O–H groups in total. The topological polar surface area (TPSA) is 60.4 Å². The van der Waals surface area contributed by atoms with Crippen LogP contribution in [0.2, 0.25) is 0 Å². The Morgan fingerprint density at radius 2 is 1.95 bits per heavy atom. The molecule has 0 unspecified atom stereocenters. The summed E-state index contributed by atoms with van der Waals surface area (Å²) in [6.45, 7) is 4.83. The van der Waals surface area contributed by atoms with Crippen LogP contribution < -0.4 is 4.74 Å². The van der Waals surface area contributed by atoms with Crippen molar-refractivity contribution >= 4 is 23.1 Å². The fourth-order valence-corrected chi connectivity index (χ4v) is 2.27. The van der Waals surface area contributed by atoms with Gasteiger partial charge in [0, 0.05) is 24.3 Å². The molecular formula is C16H16O4. The van der Waals surface area contributed by atoms with Gasteiger partial charge in [-0.2, -0.15) is 0 Å². The number of hydrogen-bond donors (Lipinski definition) is 0. The van der Waals surface area contributed by atoms with Crippen LogP contribution in [0.25, 0.3) is 5.57 Å². The largest absolute Gasteiger partial charge is 0.427 e. The highest BCUT2D eigenvalue weighted by molar-refractivity contribution is 6.30. The summed E-state index contributed by atoms with van der Waals surface area (Å²) in [6, 6.07) is 6.64. The number of allylic oxidation sites excluding steroid dienone is 2. The Morgan fingerprint density at radius 3 is 2.60 bits per heavy atom. The summed E-state index contributed by atoms with van der Waals surface area (Å²) >= 11 is 0. The average molecular weight is 272 g/mol. The lowest BCUT2D eigenvalue weighted by Gasteiger charge is -2.27. The SMILES string of the molecule is CC(=O)Oc1cccc(C2=CC(=O)CC(C)(C)C2=O)c1. The fraction of sp³-hybridized carbons (Fsp3) is 0.312. The number of hydrogen-bond acceptors (Lipinski definition) is 4. The van der Waals surface area contributed by atoms with Gasteiger partial charge in [0.15, 0.2) is 11.6 Å². The molecule has 0 atom stereocenters. The van der Waals surface area contributed by atoms with Crippen LogP contribution in [0.15, 0.2) is 30.3 Å². The van der Waals surface area contributed by atoms with Crippen LogP contribution in [0.4, 0.5) is 0 Å². The first-order valence-electron chi connectivity index (χ1n) is 6.38. The summed E-state index contributed by atoms with van der Waals surface area (Å²) in [5.41, 5.74) is 0.272. The van der Waals surface area contributed by atoms with Gasteiger partial charge < -0.3 is 4.74 Å². The van der Waals surface area contributed by atoms with E-state index in [2.05, 4.69) is 0 Å². The van der Waals surface area contributed by atoms with Gasteiger partial charge in [-0.3, -0.25) is 14.4 Å². The van der Waals surface area contributed by atoms with Crippen molar-refractivity contribution in [2.75, 3.05) is 0 Å². The summed E-state index contributed by atoms with van der Waals surface area (Å²) in [4.78, 5) is 35.1. The van der Waals surface area contributed by atoms with E-state index in [0.717, 1.165) is 0 Å². The number of Topliss-reactive ketones (excluding diaryl/α,β-unsaturated/α-hetero) is 1. The highest BCUT2D eigenvalue weighted by Crippen LogP contribution is 2.35. The van der Waals surface area contributed by atoms with E-state index in [-0.39, 0.29) is 18.0 Å². The molecule has 0 radical (unpaired) electrons. The maximum Gasteiger partial charge on any atom is 0.308 e. The molecule has 0 aromatic heterocycles. The van der Waals surface area contributed by atoms with Crippen LogP contribution in [0.1, 0.15) is 32.8 Å². The molecule has 0 aliphatic heterocycles. The summed E-state index contributed by atoms with van der Waals surface area (Å²) in [7, 11) is 0. The zero-order valence-electron chi connectivity index (χ0n) is 11.7. The van der Waals surface area contributed by atoms with Gasteiger partial charge in [0.25, 0.3) is 0 Å². The fourth-order valence-electron chi connectivity index (χ4n) is 2.27. The molecule has 0 heterocycles. The van der Waals surface area contributed by atoms with Crippen molar-refractivity contribution in [3.05, 3.63) is 35.9 Å². The van der Waals surface area contributed by atoms with Crippen LogP contribution in [0, 0.1) is 5.41 Å². The first kappa shape index (κ1) is 14.2. The van der Waals surface area contributed by atoms with Crippen molar-refractivity contribution < 1.29 is 19.1 Å². The van der Waals surface area contributed by atoms with Crippen LogP contribution in [-0.4, -0.2) is 17.5 Å². The van der Waals surface area contributed by atoms with E-state index in [1.54, 1.807) is 38.1 Å². The molecule has 4 heteroatoms. The van der Waals surface area contributed by atoms with Crippen LogP contribution in [-0.2, 0) is 14.4 Å². The zero-order valence-corrected chi connectivity index (χ0v) is 11.7. The van der Waals surface area contributed by atoms with E-state index in [1.165, 1.54) is 13.0 Å². The summed E-state index contributed by atoms with van der Waals surface area (Å²) in [5, 5.41) is 0. The number of carbonyl (C=O) groups is 3. The second-order valence-corrected chi connectivity index (χ2v) is 5.54. The molecule has 0 saturated heterocycles. The monoisotopic (exact) mass is 272 g/mol. The van der Waals surface area contributed by atoms with Crippen molar-refractivity contribution in [3.8, 4) is 5.75 Å². The molecule has 1 aliphatic carbocycles.